The van der Waals surface area contributed by atoms with Crippen LogP contribution in [0.4, 0.5) is 11.4 Å². The Kier molecular flexibility index (Phi) is 4.75. The molecule has 0 bridgehead atoms. The van der Waals surface area contributed by atoms with E-state index in [1.807, 2.05) is 60.7 Å². The zero-order chi connectivity index (χ0) is 15.4. The Morgan fingerprint density at radius 1 is 1.19 bits per heavy atom. The van der Waals surface area contributed by atoms with Crippen molar-refractivity contribution in [3.05, 3.63) is 48.0 Å². The van der Waals surface area contributed by atoms with E-state index in [0.29, 0.717) is 0 Å². The number of benzene rings is 2. The van der Waals surface area contributed by atoms with Crippen LogP contribution in [0, 0.1) is 5.41 Å². The lowest BCUT2D eigenvalue weighted by atomic mass is 10.1. The molecule has 21 heavy (non-hydrogen) atoms. The number of hydrogen-bond donors (Lipinski definition) is 2. The molecule has 0 saturated heterocycles. The summed E-state index contributed by atoms with van der Waals surface area (Å²) in [7, 11) is 3.61. The molecule has 0 saturated carbocycles. The van der Waals surface area contributed by atoms with Crippen molar-refractivity contribution in [1.82, 2.24) is 0 Å². The van der Waals surface area contributed by atoms with Gasteiger partial charge in [-0.15, -0.1) is 11.8 Å². The Hall–Kier alpha value is -2.14. The summed E-state index contributed by atoms with van der Waals surface area (Å²) in [6, 6.07) is 13.7. The van der Waals surface area contributed by atoms with E-state index in [1.165, 1.54) is 0 Å². The first-order chi connectivity index (χ1) is 10.1. The molecule has 3 N–H and O–H groups in total. The van der Waals surface area contributed by atoms with Crippen LogP contribution in [0.5, 0.6) is 5.75 Å². The number of thioether (sulfide) groups is 1. The smallest absolute Gasteiger partial charge is 0.126 e. The van der Waals surface area contributed by atoms with E-state index in [0.717, 1.165) is 27.6 Å². The molecule has 2 aromatic carbocycles. The molecule has 0 aromatic heterocycles. The Balaban J connectivity index is 2.46. The topological polar surface area (TPSA) is 62.3 Å². The maximum Gasteiger partial charge on any atom is 0.126 e. The van der Waals surface area contributed by atoms with Gasteiger partial charge in [-0.2, -0.15) is 0 Å². The van der Waals surface area contributed by atoms with Gasteiger partial charge in [0.15, 0.2) is 0 Å². The van der Waals surface area contributed by atoms with Crippen LogP contribution in [-0.2, 0) is 0 Å². The van der Waals surface area contributed by atoms with Crippen molar-refractivity contribution in [2.75, 3.05) is 25.3 Å². The first kappa shape index (κ1) is 15.3. The summed E-state index contributed by atoms with van der Waals surface area (Å²) in [6.07, 6.45) is 1.99. The third kappa shape index (κ3) is 3.13. The van der Waals surface area contributed by atoms with E-state index in [9.17, 15) is 0 Å². The van der Waals surface area contributed by atoms with Gasteiger partial charge >= 0.3 is 0 Å². The van der Waals surface area contributed by atoms with Gasteiger partial charge in [-0.05, 0) is 42.7 Å². The summed E-state index contributed by atoms with van der Waals surface area (Å²) in [5.74, 6) is 0.895. The third-order valence-corrected chi connectivity index (χ3v) is 4.09. The summed E-state index contributed by atoms with van der Waals surface area (Å²) < 4.78 is 5.18. The lowest BCUT2D eigenvalue weighted by Crippen LogP contribution is -2.19. The molecule has 0 radical (unpaired) electrons. The summed E-state index contributed by atoms with van der Waals surface area (Å²) in [6.45, 7) is 0. The van der Waals surface area contributed by atoms with Crippen molar-refractivity contribution in [3.8, 4) is 5.75 Å². The summed E-state index contributed by atoms with van der Waals surface area (Å²) in [4.78, 5) is 3.02. The average Bonchev–Trinajstić information content (AvgIpc) is 2.53. The molecule has 0 fully saturated rings. The minimum absolute atomic E-state index is 0.0790. The first-order valence-electron chi connectivity index (χ1n) is 6.47. The molecule has 0 aliphatic rings. The number of methoxy groups -OCH3 is 1. The van der Waals surface area contributed by atoms with Crippen molar-refractivity contribution in [1.29, 1.82) is 5.41 Å². The molecule has 4 nitrogen and oxygen atoms in total. The lowest BCUT2D eigenvalue weighted by Gasteiger charge is -2.23. The molecule has 0 aliphatic carbocycles. The summed E-state index contributed by atoms with van der Waals surface area (Å²) in [5, 5.41) is 7.86. The van der Waals surface area contributed by atoms with Crippen LogP contribution < -0.4 is 15.4 Å². The molecule has 0 heterocycles. The van der Waals surface area contributed by atoms with Crippen LogP contribution in [0.1, 0.15) is 5.56 Å². The van der Waals surface area contributed by atoms with E-state index >= 15 is 0 Å². The molecule has 0 unspecified atom stereocenters. The number of nitrogens with two attached hydrogens (primary N) is 1. The number of ether oxygens (including phenoxy) is 1. The maximum absolute atomic E-state index is 7.86. The standard InChI is InChI=1S/C16H19N3OS/c1-19(11-7-9-12(20-2)10-8-11)13-5-4-6-14(21-3)15(13)16(17)18/h4-10H,1-3H3,(H3,17,18). The Bertz CT molecular complexity index is 640. The molecular weight excluding hydrogens is 282 g/mol. The second-order valence-corrected chi connectivity index (χ2v) is 5.37. The number of anilines is 2. The fourth-order valence-corrected chi connectivity index (χ4v) is 2.82. The molecule has 110 valence electrons. The number of rotatable bonds is 5. The minimum atomic E-state index is 0.0790. The highest BCUT2D eigenvalue weighted by molar-refractivity contribution is 7.98. The van der Waals surface area contributed by atoms with Gasteiger partial charge in [-0.25, -0.2) is 0 Å². The van der Waals surface area contributed by atoms with Gasteiger partial charge in [0.25, 0.3) is 0 Å². The lowest BCUT2D eigenvalue weighted by molar-refractivity contribution is 0.415. The van der Waals surface area contributed by atoms with Gasteiger partial charge in [-0.3, -0.25) is 5.41 Å². The highest BCUT2D eigenvalue weighted by Crippen LogP contribution is 2.33. The number of nitrogens with zero attached hydrogens (tertiary/aromatic N) is 1. The predicted molar refractivity (Wildman–Crippen MR) is 90.3 cm³/mol. The minimum Gasteiger partial charge on any atom is -0.497 e. The Morgan fingerprint density at radius 2 is 1.86 bits per heavy atom. The van der Waals surface area contributed by atoms with Crippen molar-refractivity contribution < 1.29 is 4.74 Å². The Morgan fingerprint density at radius 3 is 2.38 bits per heavy atom. The van der Waals surface area contributed by atoms with E-state index in [2.05, 4.69) is 0 Å². The fraction of sp³-hybridized carbons (Fsp3) is 0.188. The number of nitrogens with one attached hydrogen (secondary N) is 1. The monoisotopic (exact) mass is 301 g/mol. The highest BCUT2D eigenvalue weighted by Gasteiger charge is 2.15. The molecule has 0 spiro atoms. The van der Waals surface area contributed by atoms with Crippen LogP contribution >= 0.6 is 11.8 Å². The molecule has 0 aliphatic heterocycles. The van der Waals surface area contributed by atoms with Crippen LogP contribution in [0.25, 0.3) is 0 Å². The van der Waals surface area contributed by atoms with Crippen LogP contribution in [0.2, 0.25) is 0 Å². The first-order valence-corrected chi connectivity index (χ1v) is 7.70. The van der Waals surface area contributed by atoms with Gasteiger partial charge < -0.3 is 15.4 Å². The summed E-state index contributed by atoms with van der Waals surface area (Å²) >= 11 is 1.59. The zero-order valence-corrected chi connectivity index (χ0v) is 13.2. The van der Waals surface area contributed by atoms with Crippen LogP contribution in [-0.4, -0.2) is 26.2 Å². The third-order valence-electron chi connectivity index (χ3n) is 3.31. The van der Waals surface area contributed by atoms with Gasteiger partial charge in [0, 0.05) is 17.6 Å². The second-order valence-electron chi connectivity index (χ2n) is 4.53. The number of amidine groups is 1. The molecule has 2 rings (SSSR count). The van der Waals surface area contributed by atoms with Crippen molar-refractivity contribution in [3.63, 3.8) is 0 Å². The quantitative estimate of drug-likeness (QED) is 0.504. The van der Waals surface area contributed by atoms with E-state index in [1.54, 1.807) is 18.9 Å². The average molecular weight is 301 g/mol. The molecule has 5 heteroatoms. The van der Waals surface area contributed by atoms with E-state index in [-0.39, 0.29) is 5.84 Å². The highest BCUT2D eigenvalue weighted by atomic mass is 32.2. The van der Waals surface area contributed by atoms with Crippen molar-refractivity contribution >= 4 is 29.0 Å². The van der Waals surface area contributed by atoms with Crippen molar-refractivity contribution in [2.24, 2.45) is 5.73 Å². The van der Waals surface area contributed by atoms with Crippen LogP contribution in [0.15, 0.2) is 47.4 Å². The summed E-state index contributed by atoms with van der Waals surface area (Å²) in [5.41, 5.74) is 8.47. The SMILES string of the molecule is COc1ccc(N(C)c2cccc(SC)c2C(=N)N)cc1. The van der Waals surface area contributed by atoms with Gasteiger partial charge in [0.2, 0.25) is 0 Å². The number of nitrogen functional groups attached to an aromatic ring is 1. The van der Waals surface area contributed by atoms with Gasteiger partial charge in [-0.1, -0.05) is 6.07 Å². The van der Waals surface area contributed by atoms with Gasteiger partial charge in [0.05, 0.1) is 18.4 Å². The molecule has 0 atom stereocenters. The fourth-order valence-electron chi connectivity index (χ4n) is 2.18. The molecular formula is C16H19N3OS. The van der Waals surface area contributed by atoms with Crippen molar-refractivity contribution in [2.45, 2.75) is 4.90 Å². The Labute approximate surface area is 129 Å². The maximum atomic E-state index is 7.86. The van der Waals surface area contributed by atoms with E-state index in [4.69, 9.17) is 15.9 Å². The normalized spacial score (nSPS) is 10.2. The molecule has 2 aromatic rings. The van der Waals surface area contributed by atoms with E-state index < -0.39 is 0 Å². The largest absolute Gasteiger partial charge is 0.497 e. The number of hydrogen-bond acceptors (Lipinski definition) is 4. The second kappa shape index (κ2) is 6.54. The van der Waals surface area contributed by atoms with Gasteiger partial charge in [0.1, 0.15) is 11.6 Å². The predicted octanol–water partition coefficient (Wildman–Crippen LogP) is 3.47. The molecule has 0 amide bonds. The van der Waals surface area contributed by atoms with Crippen LogP contribution in [0.3, 0.4) is 0 Å². The zero-order valence-electron chi connectivity index (χ0n) is 12.4.